The Kier molecular flexibility index (Phi) is 3.81. The standard InChI is InChI=1S/C12H11NO2S2/c1-8-2-4-10(5-3-8)16-6-9-7-17-11(13-9)12(14)15/h2-5,7H,6H2,1H3,(H,14,15). The molecule has 0 aliphatic carbocycles. The summed E-state index contributed by atoms with van der Waals surface area (Å²) in [6.45, 7) is 2.05. The molecule has 0 saturated heterocycles. The van der Waals surface area contributed by atoms with E-state index in [9.17, 15) is 4.79 Å². The first-order chi connectivity index (χ1) is 8.15. The average Bonchev–Trinajstić information content (AvgIpc) is 2.77. The van der Waals surface area contributed by atoms with Crippen LogP contribution in [0.4, 0.5) is 0 Å². The molecule has 0 saturated carbocycles. The Hall–Kier alpha value is -1.33. The molecule has 1 heterocycles. The molecular weight excluding hydrogens is 254 g/mol. The lowest BCUT2D eigenvalue weighted by Crippen LogP contribution is -1.94. The fourth-order valence-electron chi connectivity index (χ4n) is 1.26. The molecule has 0 radical (unpaired) electrons. The van der Waals surface area contributed by atoms with Gasteiger partial charge in [-0.05, 0) is 19.1 Å². The van der Waals surface area contributed by atoms with Gasteiger partial charge in [0.25, 0.3) is 0 Å². The molecule has 2 rings (SSSR count). The maximum Gasteiger partial charge on any atom is 0.365 e. The number of hydrogen-bond donors (Lipinski definition) is 1. The van der Waals surface area contributed by atoms with Gasteiger partial charge in [0.05, 0.1) is 5.69 Å². The van der Waals surface area contributed by atoms with Crippen LogP contribution in [0.1, 0.15) is 21.1 Å². The minimum Gasteiger partial charge on any atom is -0.476 e. The van der Waals surface area contributed by atoms with E-state index in [1.807, 2.05) is 6.92 Å². The third kappa shape index (κ3) is 3.31. The Labute approximate surface area is 108 Å². The second-order valence-corrected chi connectivity index (χ2v) is 5.46. The van der Waals surface area contributed by atoms with Crippen molar-refractivity contribution < 1.29 is 9.90 Å². The third-order valence-electron chi connectivity index (χ3n) is 2.14. The Balaban J connectivity index is 1.97. The van der Waals surface area contributed by atoms with Crippen molar-refractivity contribution in [2.45, 2.75) is 17.6 Å². The molecule has 0 aliphatic rings. The molecule has 0 atom stereocenters. The van der Waals surface area contributed by atoms with E-state index >= 15 is 0 Å². The molecular formula is C12H11NO2S2. The number of carboxylic acids is 1. The van der Waals surface area contributed by atoms with Gasteiger partial charge in [0.1, 0.15) is 0 Å². The summed E-state index contributed by atoms with van der Waals surface area (Å²) in [6.07, 6.45) is 0. The highest BCUT2D eigenvalue weighted by Gasteiger charge is 2.08. The molecule has 17 heavy (non-hydrogen) atoms. The lowest BCUT2D eigenvalue weighted by molar-refractivity contribution is 0.0696. The van der Waals surface area contributed by atoms with Crippen LogP contribution in [0, 0.1) is 6.92 Å². The molecule has 5 heteroatoms. The summed E-state index contributed by atoms with van der Waals surface area (Å²) in [4.78, 5) is 15.9. The minimum atomic E-state index is -0.957. The quantitative estimate of drug-likeness (QED) is 0.860. The largest absolute Gasteiger partial charge is 0.476 e. The van der Waals surface area contributed by atoms with Crippen molar-refractivity contribution >= 4 is 29.1 Å². The predicted octanol–water partition coefficient (Wildman–Crippen LogP) is 3.44. The third-order valence-corrected chi connectivity index (χ3v) is 4.07. The summed E-state index contributed by atoms with van der Waals surface area (Å²) in [6, 6.07) is 8.24. The van der Waals surface area contributed by atoms with E-state index in [2.05, 4.69) is 29.2 Å². The number of thiazole rings is 1. The number of thioether (sulfide) groups is 1. The van der Waals surface area contributed by atoms with Gasteiger partial charge in [0, 0.05) is 16.0 Å². The number of benzene rings is 1. The number of nitrogens with zero attached hydrogens (tertiary/aromatic N) is 1. The normalized spacial score (nSPS) is 10.4. The predicted molar refractivity (Wildman–Crippen MR) is 69.8 cm³/mol. The number of carbonyl (C=O) groups is 1. The molecule has 3 nitrogen and oxygen atoms in total. The molecule has 0 unspecified atom stereocenters. The highest BCUT2D eigenvalue weighted by Crippen LogP contribution is 2.23. The van der Waals surface area contributed by atoms with Crippen LogP contribution < -0.4 is 0 Å². The van der Waals surface area contributed by atoms with Gasteiger partial charge in [-0.3, -0.25) is 0 Å². The summed E-state index contributed by atoms with van der Waals surface area (Å²) >= 11 is 2.83. The van der Waals surface area contributed by atoms with Crippen molar-refractivity contribution in [1.29, 1.82) is 0 Å². The number of aromatic nitrogens is 1. The van der Waals surface area contributed by atoms with E-state index in [0.29, 0.717) is 5.75 Å². The highest BCUT2D eigenvalue weighted by atomic mass is 32.2. The molecule has 0 amide bonds. The Morgan fingerprint density at radius 1 is 1.41 bits per heavy atom. The van der Waals surface area contributed by atoms with E-state index in [0.717, 1.165) is 5.69 Å². The van der Waals surface area contributed by atoms with Crippen LogP contribution >= 0.6 is 23.1 Å². The van der Waals surface area contributed by atoms with Gasteiger partial charge in [-0.1, -0.05) is 17.7 Å². The first-order valence-electron chi connectivity index (χ1n) is 5.02. The second-order valence-electron chi connectivity index (χ2n) is 3.55. The molecule has 0 fully saturated rings. The first-order valence-corrected chi connectivity index (χ1v) is 6.89. The summed E-state index contributed by atoms with van der Waals surface area (Å²) in [5.41, 5.74) is 2.05. The van der Waals surface area contributed by atoms with E-state index in [1.165, 1.54) is 21.8 Å². The molecule has 88 valence electrons. The van der Waals surface area contributed by atoms with E-state index < -0.39 is 5.97 Å². The van der Waals surface area contributed by atoms with Gasteiger partial charge in [-0.2, -0.15) is 0 Å². The molecule has 2 aromatic rings. The van der Waals surface area contributed by atoms with Crippen molar-refractivity contribution in [2.24, 2.45) is 0 Å². The Morgan fingerprint density at radius 3 is 2.71 bits per heavy atom. The summed E-state index contributed by atoms with van der Waals surface area (Å²) in [5, 5.41) is 10.7. The van der Waals surface area contributed by atoms with Crippen molar-refractivity contribution in [2.75, 3.05) is 0 Å². The lowest BCUT2D eigenvalue weighted by atomic mass is 10.2. The smallest absolute Gasteiger partial charge is 0.365 e. The topological polar surface area (TPSA) is 50.2 Å². The van der Waals surface area contributed by atoms with Crippen molar-refractivity contribution in [3.63, 3.8) is 0 Å². The Morgan fingerprint density at radius 2 is 2.12 bits per heavy atom. The molecule has 1 N–H and O–H groups in total. The van der Waals surface area contributed by atoms with Gasteiger partial charge >= 0.3 is 5.97 Å². The van der Waals surface area contributed by atoms with Gasteiger partial charge in [-0.15, -0.1) is 23.1 Å². The number of hydrogen-bond acceptors (Lipinski definition) is 4. The number of rotatable bonds is 4. The summed E-state index contributed by atoms with van der Waals surface area (Å²) < 4.78 is 0. The summed E-state index contributed by atoms with van der Waals surface area (Å²) in [5.74, 6) is -0.256. The van der Waals surface area contributed by atoms with E-state index in [-0.39, 0.29) is 5.01 Å². The molecule has 1 aromatic carbocycles. The van der Waals surface area contributed by atoms with E-state index in [1.54, 1.807) is 17.1 Å². The van der Waals surface area contributed by atoms with Crippen molar-refractivity contribution in [3.05, 3.63) is 45.9 Å². The number of carboxylic acid groups (broad SMARTS) is 1. The molecule has 0 bridgehead atoms. The van der Waals surface area contributed by atoms with E-state index in [4.69, 9.17) is 5.11 Å². The molecule has 1 aromatic heterocycles. The van der Waals surface area contributed by atoms with Crippen LogP contribution in [0.15, 0.2) is 34.5 Å². The highest BCUT2D eigenvalue weighted by molar-refractivity contribution is 7.98. The zero-order valence-electron chi connectivity index (χ0n) is 9.21. The molecule has 0 aliphatic heterocycles. The first kappa shape index (κ1) is 12.1. The van der Waals surface area contributed by atoms with Crippen LogP contribution in [0.5, 0.6) is 0 Å². The average molecular weight is 265 g/mol. The van der Waals surface area contributed by atoms with Crippen molar-refractivity contribution in [1.82, 2.24) is 4.98 Å². The zero-order chi connectivity index (χ0) is 12.3. The number of aryl methyl sites for hydroxylation is 1. The second kappa shape index (κ2) is 5.33. The van der Waals surface area contributed by atoms with Crippen LogP contribution in [0.25, 0.3) is 0 Å². The summed E-state index contributed by atoms with van der Waals surface area (Å²) in [7, 11) is 0. The van der Waals surface area contributed by atoms with Crippen LogP contribution in [-0.2, 0) is 5.75 Å². The van der Waals surface area contributed by atoms with Crippen LogP contribution in [0.3, 0.4) is 0 Å². The maximum atomic E-state index is 10.7. The van der Waals surface area contributed by atoms with Crippen molar-refractivity contribution in [3.8, 4) is 0 Å². The monoisotopic (exact) mass is 265 g/mol. The van der Waals surface area contributed by atoms with Gasteiger partial charge in [0.2, 0.25) is 5.01 Å². The maximum absolute atomic E-state index is 10.7. The fraction of sp³-hybridized carbons (Fsp3) is 0.167. The SMILES string of the molecule is Cc1ccc(SCc2csc(C(=O)O)n2)cc1. The van der Waals surface area contributed by atoms with Gasteiger partial charge < -0.3 is 5.11 Å². The van der Waals surface area contributed by atoms with Crippen LogP contribution in [0.2, 0.25) is 0 Å². The number of aromatic carboxylic acids is 1. The molecule has 0 spiro atoms. The zero-order valence-corrected chi connectivity index (χ0v) is 10.8. The van der Waals surface area contributed by atoms with Gasteiger partial charge in [-0.25, -0.2) is 9.78 Å². The minimum absolute atomic E-state index is 0.157. The van der Waals surface area contributed by atoms with Gasteiger partial charge in [0.15, 0.2) is 0 Å². The van der Waals surface area contributed by atoms with Crippen LogP contribution in [-0.4, -0.2) is 16.1 Å². The Bertz CT molecular complexity index is 520. The fourth-order valence-corrected chi connectivity index (χ4v) is 2.81. The lowest BCUT2D eigenvalue weighted by Gasteiger charge is -1.99.